The zero-order chi connectivity index (χ0) is 17.4. The smallest absolute Gasteiger partial charge is 0.308 e. The van der Waals surface area contributed by atoms with E-state index in [4.69, 9.17) is 14.6 Å². The fourth-order valence-electron chi connectivity index (χ4n) is 2.32. The fourth-order valence-corrected chi connectivity index (χ4v) is 2.32. The zero-order valence-electron chi connectivity index (χ0n) is 14.1. The van der Waals surface area contributed by atoms with Crippen LogP contribution in [0.4, 0.5) is 0 Å². The molecule has 1 unspecified atom stereocenters. The molecule has 0 aliphatic heterocycles. The van der Waals surface area contributed by atoms with Crippen molar-refractivity contribution in [3.05, 3.63) is 23.8 Å². The third kappa shape index (κ3) is 6.18. The molecule has 0 aromatic heterocycles. The lowest BCUT2D eigenvalue weighted by atomic mass is 9.97. The van der Waals surface area contributed by atoms with Gasteiger partial charge in [0.15, 0.2) is 11.5 Å². The standard InChI is InChI=1S/C17H25NO5/c1-11(2)7-13(17(20)21)10-18-16(19)9-12-5-6-14(22-3)15(8-12)23-4/h5-6,8,11,13H,7,9-10H2,1-4H3,(H,18,19)(H,20,21). The molecule has 0 bridgehead atoms. The summed E-state index contributed by atoms with van der Waals surface area (Å²) in [6.45, 7) is 4.06. The van der Waals surface area contributed by atoms with Gasteiger partial charge in [0.05, 0.1) is 26.6 Å². The number of carbonyl (C=O) groups is 2. The van der Waals surface area contributed by atoms with Gasteiger partial charge in [-0.2, -0.15) is 0 Å². The van der Waals surface area contributed by atoms with E-state index in [0.29, 0.717) is 17.9 Å². The number of hydrogen-bond acceptors (Lipinski definition) is 4. The monoisotopic (exact) mass is 323 g/mol. The molecule has 0 spiro atoms. The zero-order valence-corrected chi connectivity index (χ0v) is 14.1. The highest BCUT2D eigenvalue weighted by Gasteiger charge is 2.19. The summed E-state index contributed by atoms with van der Waals surface area (Å²) in [5.74, 6) is -0.249. The van der Waals surface area contributed by atoms with Gasteiger partial charge in [-0.15, -0.1) is 0 Å². The Kier molecular flexibility index (Phi) is 7.38. The molecule has 6 nitrogen and oxygen atoms in total. The summed E-state index contributed by atoms with van der Waals surface area (Å²) in [7, 11) is 3.08. The lowest BCUT2D eigenvalue weighted by Crippen LogP contribution is -2.34. The van der Waals surface area contributed by atoms with Crippen molar-refractivity contribution in [1.29, 1.82) is 0 Å². The van der Waals surface area contributed by atoms with Crippen LogP contribution in [-0.2, 0) is 16.0 Å². The Hall–Kier alpha value is -2.24. The van der Waals surface area contributed by atoms with Gasteiger partial charge in [0.25, 0.3) is 0 Å². The van der Waals surface area contributed by atoms with Crippen LogP contribution in [0.1, 0.15) is 25.8 Å². The second-order valence-corrected chi connectivity index (χ2v) is 5.83. The fraction of sp³-hybridized carbons (Fsp3) is 0.529. The van der Waals surface area contributed by atoms with Gasteiger partial charge in [-0.1, -0.05) is 19.9 Å². The Bertz CT molecular complexity index is 542. The Morgan fingerprint density at radius 1 is 1.17 bits per heavy atom. The van der Waals surface area contributed by atoms with Crippen LogP contribution in [0.5, 0.6) is 11.5 Å². The van der Waals surface area contributed by atoms with E-state index in [2.05, 4.69) is 5.32 Å². The third-order valence-electron chi connectivity index (χ3n) is 3.46. The molecule has 0 saturated heterocycles. The van der Waals surface area contributed by atoms with Crippen LogP contribution < -0.4 is 14.8 Å². The number of carbonyl (C=O) groups excluding carboxylic acids is 1. The third-order valence-corrected chi connectivity index (χ3v) is 3.46. The summed E-state index contributed by atoms with van der Waals surface area (Å²) >= 11 is 0. The number of methoxy groups -OCH3 is 2. The first kappa shape index (κ1) is 18.8. The molecule has 0 aliphatic carbocycles. The highest BCUT2D eigenvalue weighted by atomic mass is 16.5. The first-order chi connectivity index (χ1) is 10.9. The molecule has 1 atom stereocenters. The lowest BCUT2D eigenvalue weighted by Gasteiger charge is -2.15. The molecular formula is C17H25NO5. The average molecular weight is 323 g/mol. The Morgan fingerprint density at radius 3 is 2.35 bits per heavy atom. The first-order valence-electron chi connectivity index (χ1n) is 7.57. The van der Waals surface area contributed by atoms with E-state index >= 15 is 0 Å². The average Bonchev–Trinajstić information content (AvgIpc) is 2.50. The second kappa shape index (κ2) is 9.02. The number of hydrogen-bond donors (Lipinski definition) is 2. The molecule has 0 aliphatic rings. The number of ether oxygens (including phenoxy) is 2. The van der Waals surface area contributed by atoms with Gasteiger partial charge in [0.1, 0.15) is 0 Å². The van der Waals surface area contributed by atoms with E-state index in [0.717, 1.165) is 5.56 Å². The molecule has 0 heterocycles. The van der Waals surface area contributed by atoms with Gasteiger partial charge >= 0.3 is 5.97 Å². The topological polar surface area (TPSA) is 84.9 Å². The van der Waals surface area contributed by atoms with Crippen LogP contribution >= 0.6 is 0 Å². The Labute approximate surface area is 136 Å². The SMILES string of the molecule is COc1ccc(CC(=O)NCC(CC(C)C)C(=O)O)cc1OC. The summed E-state index contributed by atoms with van der Waals surface area (Å²) in [5.41, 5.74) is 0.774. The van der Waals surface area contributed by atoms with Gasteiger partial charge in [-0.3, -0.25) is 9.59 Å². The molecule has 128 valence electrons. The summed E-state index contributed by atoms with van der Waals surface area (Å²) < 4.78 is 10.3. The number of benzene rings is 1. The summed E-state index contributed by atoms with van der Waals surface area (Å²) in [6, 6.07) is 5.26. The van der Waals surface area contributed by atoms with Gasteiger partial charge in [-0.25, -0.2) is 0 Å². The number of rotatable bonds is 9. The molecular weight excluding hydrogens is 298 g/mol. The van der Waals surface area contributed by atoms with E-state index in [1.807, 2.05) is 13.8 Å². The Morgan fingerprint density at radius 2 is 1.83 bits per heavy atom. The van der Waals surface area contributed by atoms with Crippen molar-refractivity contribution < 1.29 is 24.2 Å². The maximum Gasteiger partial charge on any atom is 0.308 e. The molecule has 1 rings (SSSR count). The Balaban J connectivity index is 2.61. The lowest BCUT2D eigenvalue weighted by molar-refractivity contribution is -0.142. The van der Waals surface area contributed by atoms with Crippen LogP contribution in [-0.4, -0.2) is 37.7 Å². The molecule has 1 aromatic rings. The predicted molar refractivity (Wildman–Crippen MR) is 86.8 cm³/mol. The first-order valence-corrected chi connectivity index (χ1v) is 7.57. The molecule has 2 N–H and O–H groups in total. The summed E-state index contributed by atoms with van der Waals surface area (Å²) in [5, 5.41) is 11.9. The molecule has 6 heteroatoms. The molecule has 1 aromatic carbocycles. The van der Waals surface area contributed by atoms with Crippen molar-refractivity contribution in [2.24, 2.45) is 11.8 Å². The van der Waals surface area contributed by atoms with Crippen molar-refractivity contribution in [2.45, 2.75) is 26.7 Å². The maximum absolute atomic E-state index is 12.0. The van der Waals surface area contributed by atoms with Gasteiger partial charge in [0.2, 0.25) is 5.91 Å². The van der Waals surface area contributed by atoms with E-state index in [1.165, 1.54) is 7.11 Å². The minimum atomic E-state index is -0.884. The largest absolute Gasteiger partial charge is 0.493 e. The van der Waals surface area contributed by atoms with Crippen LogP contribution in [0, 0.1) is 11.8 Å². The van der Waals surface area contributed by atoms with Crippen LogP contribution in [0.3, 0.4) is 0 Å². The summed E-state index contributed by atoms with van der Waals surface area (Å²) in [6.07, 6.45) is 0.695. The number of carboxylic acid groups (broad SMARTS) is 1. The second-order valence-electron chi connectivity index (χ2n) is 5.83. The van der Waals surface area contributed by atoms with Crippen molar-refractivity contribution in [2.75, 3.05) is 20.8 Å². The van der Waals surface area contributed by atoms with Gasteiger partial charge < -0.3 is 19.9 Å². The van der Waals surface area contributed by atoms with Gasteiger partial charge in [0, 0.05) is 6.54 Å². The van der Waals surface area contributed by atoms with Crippen molar-refractivity contribution in [3.63, 3.8) is 0 Å². The van der Waals surface area contributed by atoms with Crippen molar-refractivity contribution in [1.82, 2.24) is 5.32 Å². The number of amides is 1. The van der Waals surface area contributed by atoms with Crippen molar-refractivity contribution in [3.8, 4) is 11.5 Å². The summed E-state index contributed by atoms with van der Waals surface area (Å²) in [4.78, 5) is 23.2. The highest BCUT2D eigenvalue weighted by Crippen LogP contribution is 2.27. The predicted octanol–water partition coefficient (Wildman–Crippen LogP) is 2.11. The number of carboxylic acids is 1. The van der Waals surface area contributed by atoms with Gasteiger partial charge in [-0.05, 0) is 30.0 Å². The molecule has 1 amide bonds. The molecule has 0 fully saturated rings. The van der Waals surface area contributed by atoms with Crippen LogP contribution in [0.15, 0.2) is 18.2 Å². The molecule has 0 radical (unpaired) electrons. The van der Waals surface area contributed by atoms with E-state index in [9.17, 15) is 9.59 Å². The molecule has 23 heavy (non-hydrogen) atoms. The number of aliphatic carboxylic acids is 1. The minimum absolute atomic E-state index is 0.139. The maximum atomic E-state index is 12.0. The normalized spacial score (nSPS) is 11.9. The highest BCUT2D eigenvalue weighted by molar-refractivity contribution is 5.79. The van der Waals surface area contributed by atoms with E-state index in [1.54, 1.807) is 25.3 Å². The quantitative estimate of drug-likeness (QED) is 0.727. The number of nitrogens with one attached hydrogen (secondary N) is 1. The van der Waals surface area contributed by atoms with E-state index in [-0.39, 0.29) is 24.8 Å². The van der Waals surface area contributed by atoms with Crippen molar-refractivity contribution >= 4 is 11.9 Å². The van der Waals surface area contributed by atoms with Crippen LogP contribution in [0.25, 0.3) is 0 Å². The minimum Gasteiger partial charge on any atom is -0.493 e. The van der Waals surface area contributed by atoms with Crippen LogP contribution in [0.2, 0.25) is 0 Å². The molecule has 0 saturated carbocycles. The van der Waals surface area contributed by atoms with E-state index < -0.39 is 11.9 Å².